The molecule has 0 fully saturated rings. The molecule has 0 spiro atoms. The molecule has 3 aromatic rings. The summed E-state index contributed by atoms with van der Waals surface area (Å²) in [6, 6.07) is 8.09. The van der Waals surface area contributed by atoms with Gasteiger partial charge in [0.1, 0.15) is 23.6 Å². The van der Waals surface area contributed by atoms with Crippen molar-refractivity contribution in [2.45, 2.75) is 26.0 Å². The summed E-state index contributed by atoms with van der Waals surface area (Å²) >= 11 is 0. The van der Waals surface area contributed by atoms with Gasteiger partial charge in [-0.3, -0.25) is 14.3 Å². The number of fused-ring (bicyclic) bond motifs is 1. The quantitative estimate of drug-likeness (QED) is 0.593. The number of aliphatic carboxylic acids is 1. The molecule has 0 saturated carbocycles. The zero-order valence-electron chi connectivity index (χ0n) is 15.6. The zero-order chi connectivity index (χ0) is 20.5. The van der Waals surface area contributed by atoms with Gasteiger partial charge in [-0.1, -0.05) is 6.07 Å². The van der Waals surface area contributed by atoms with E-state index in [9.17, 15) is 14.7 Å². The van der Waals surface area contributed by atoms with E-state index in [2.05, 4.69) is 15.4 Å². The number of nitrogens with zero attached hydrogens (tertiary/aromatic N) is 3. The molecule has 1 aromatic carbocycles. The average Bonchev–Trinajstić information content (AvgIpc) is 3.00. The maximum absolute atomic E-state index is 12.6. The molecule has 9 nitrogen and oxygen atoms in total. The second kappa shape index (κ2) is 7.28. The molecule has 0 aliphatic heterocycles. The Labute approximate surface area is 160 Å². The van der Waals surface area contributed by atoms with Gasteiger partial charge in [0.25, 0.3) is 5.91 Å². The van der Waals surface area contributed by atoms with Gasteiger partial charge < -0.3 is 20.3 Å². The number of ether oxygens (including phenoxy) is 1. The number of rotatable bonds is 6. The number of carbonyl (C=O) groups excluding carboxylic acids is 1. The Bertz CT molecular complexity index is 1050. The van der Waals surface area contributed by atoms with E-state index in [1.165, 1.54) is 11.8 Å². The summed E-state index contributed by atoms with van der Waals surface area (Å²) in [4.78, 5) is 27.7. The van der Waals surface area contributed by atoms with Crippen molar-refractivity contribution < 1.29 is 24.5 Å². The highest BCUT2D eigenvalue weighted by Crippen LogP contribution is 2.30. The van der Waals surface area contributed by atoms with Crippen LogP contribution in [0.2, 0.25) is 0 Å². The first-order valence-corrected chi connectivity index (χ1v) is 8.45. The highest BCUT2D eigenvalue weighted by Gasteiger charge is 2.20. The number of amides is 1. The fourth-order valence-corrected chi connectivity index (χ4v) is 2.68. The smallest absolute Gasteiger partial charge is 0.325 e. The lowest BCUT2D eigenvalue weighted by Gasteiger charge is -2.17. The summed E-state index contributed by atoms with van der Waals surface area (Å²) in [5, 5.41) is 26.6. The van der Waals surface area contributed by atoms with E-state index in [0.717, 1.165) is 0 Å². The molecule has 9 heteroatoms. The van der Waals surface area contributed by atoms with Crippen LogP contribution in [0.5, 0.6) is 5.75 Å². The molecule has 3 N–H and O–H groups in total. The SMILES string of the molecule is COc1cc2nn(CC(=O)O)cc2cc1NC(=O)c1cccc(C(C)(C)O)n1. The predicted octanol–water partition coefficient (Wildman–Crippen LogP) is 2.00. The summed E-state index contributed by atoms with van der Waals surface area (Å²) < 4.78 is 6.62. The minimum atomic E-state index is -1.17. The fourth-order valence-electron chi connectivity index (χ4n) is 2.68. The van der Waals surface area contributed by atoms with Crippen LogP contribution in [-0.2, 0) is 16.9 Å². The Balaban J connectivity index is 1.92. The van der Waals surface area contributed by atoms with Gasteiger partial charge in [0.2, 0.25) is 0 Å². The number of hydrogen-bond donors (Lipinski definition) is 3. The minimum absolute atomic E-state index is 0.142. The number of aromatic nitrogens is 3. The van der Waals surface area contributed by atoms with Crippen molar-refractivity contribution in [2.75, 3.05) is 12.4 Å². The number of anilines is 1. The van der Waals surface area contributed by atoms with Crippen LogP contribution in [0.25, 0.3) is 10.9 Å². The van der Waals surface area contributed by atoms with Gasteiger partial charge in [-0.2, -0.15) is 5.10 Å². The van der Waals surface area contributed by atoms with Crippen molar-refractivity contribution in [3.63, 3.8) is 0 Å². The largest absolute Gasteiger partial charge is 0.494 e. The van der Waals surface area contributed by atoms with E-state index in [4.69, 9.17) is 9.84 Å². The third kappa shape index (κ3) is 4.09. The maximum Gasteiger partial charge on any atom is 0.325 e. The Morgan fingerprint density at radius 2 is 2.04 bits per heavy atom. The topological polar surface area (TPSA) is 127 Å². The molecule has 0 radical (unpaired) electrons. The summed E-state index contributed by atoms with van der Waals surface area (Å²) in [5.41, 5.74) is 0.274. The van der Waals surface area contributed by atoms with Crippen LogP contribution in [-0.4, -0.2) is 44.0 Å². The molecule has 1 amide bonds. The van der Waals surface area contributed by atoms with Gasteiger partial charge >= 0.3 is 5.97 Å². The number of benzene rings is 1. The number of carboxylic acids is 1. The molecule has 2 heterocycles. The number of hydrogen-bond acceptors (Lipinski definition) is 6. The highest BCUT2D eigenvalue weighted by molar-refractivity contribution is 6.05. The van der Waals surface area contributed by atoms with Gasteiger partial charge in [0, 0.05) is 17.6 Å². The van der Waals surface area contributed by atoms with Crippen LogP contribution in [0.1, 0.15) is 30.0 Å². The van der Waals surface area contributed by atoms with Crippen LogP contribution in [0, 0.1) is 0 Å². The third-order valence-corrected chi connectivity index (χ3v) is 4.03. The molecule has 0 saturated heterocycles. The van der Waals surface area contributed by atoms with Crippen molar-refractivity contribution in [1.29, 1.82) is 0 Å². The van der Waals surface area contributed by atoms with Gasteiger partial charge in [0.05, 0.1) is 24.0 Å². The Morgan fingerprint density at radius 1 is 1.29 bits per heavy atom. The molecule has 146 valence electrons. The lowest BCUT2D eigenvalue weighted by molar-refractivity contribution is -0.137. The second-order valence-corrected chi connectivity index (χ2v) is 6.75. The maximum atomic E-state index is 12.6. The molecule has 0 unspecified atom stereocenters. The standard InChI is InChI=1S/C19H20N4O5/c1-19(2,27)16-6-4-5-12(20-16)18(26)21-14-7-11-9-23(10-17(24)25)22-13(11)8-15(14)28-3/h4-9,27H,10H2,1-3H3,(H,21,26)(H,24,25). The minimum Gasteiger partial charge on any atom is -0.494 e. The molecule has 3 rings (SSSR count). The van der Waals surface area contributed by atoms with E-state index in [1.54, 1.807) is 50.4 Å². The van der Waals surface area contributed by atoms with E-state index in [1.807, 2.05) is 0 Å². The molecule has 28 heavy (non-hydrogen) atoms. The first-order chi connectivity index (χ1) is 13.2. The Morgan fingerprint density at radius 3 is 2.68 bits per heavy atom. The summed E-state index contributed by atoms with van der Waals surface area (Å²) in [7, 11) is 1.46. The molecular weight excluding hydrogens is 364 g/mol. The zero-order valence-corrected chi connectivity index (χ0v) is 15.6. The third-order valence-electron chi connectivity index (χ3n) is 4.03. The number of aliphatic hydroxyl groups is 1. The van der Waals surface area contributed by atoms with Crippen LogP contribution < -0.4 is 10.1 Å². The highest BCUT2D eigenvalue weighted by atomic mass is 16.5. The van der Waals surface area contributed by atoms with Crippen LogP contribution in [0.15, 0.2) is 36.5 Å². The van der Waals surface area contributed by atoms with Gasteiger partial charge in [-0.15, -0.1) is 0 Å². The lowest BCUT2D eigenvalue weighted by atomic mass is 10.0. The molecule has 0 bridgehead atoms. The van der Waals surface area contributed by atoms with E-state index < -0.39 is 17.5 Å². The monoisotopic (exact) mass is 384 g/mol. The number of carboxylic acid groups (broad SMARTS) is 1. The lowest BCUT2D eigenvalue weighted by Crippen LogP contribution is -2.21. The number of pyridine rings is 1. The van der Waals surface area contributed by atoms with Crippen molar-refractivity contribution in [3.05, 3.63) is 47.9 Å². The van der Waals surface area contributed by atoms with Crippen molar-refractivity contribution in [3.8, 4) is 5.75 Å². The number of carbonyl (C=O) groups is 2. The van der Waals surface area contributed by atoms with Crippen molar-refractivity contribution in [1.82, 2.24) is 14.8 Å². The van der Waals surface area contributed by atoms with Crippen molar-refractivity contribution in [2.24, 2.45) is 0 Å². The number of methoxy groups -OCH3 is 1. The first-order valence-electron chi connectivity index (χ1n) is 8.45. The van der Waals surface area contributed by atoms with Crippen LogP contribution in [0.4, 0.5) is 5.69 Å². The summed E-state index contributed by atoms with van der Waals surface area (Å²) in [5.74, 6) is -1.10. The molecule has 2 aromatic heterocycles. The van der Waals surface area contributed by atoms with Crippen LogP contribution >= 0.6 is 0 Å². The van der Waals surface area contributed by atoms with Crippen molar-refractivity contribution >= 4 is 28.5 Å². The van der Waals surface area contributed by atoms with Gasteiger partial charge in [-0.05, 0) is 32.0 Å². The molecule has 0 atom stereocenters. The second-order valence-electron chi connectivity index (χ2n) is 6.75. The van der Waals surface area contributed by atoms with E-state index in [-0.39, 0.29) is 12.2 Å². The summed E-state index contributed by atoms with van der Waals surface area (Å²) in [6.45, 7) is 2.90. The fraction of sp³-hybridized carbons (Fsp3) is 0.263. The van der Waals surface area contributed by atoms with E-state index >= 15 is 0 Å². The Hall–Kier alpha value is -3.46. The predicted molar refractivity (Wildman–Crippen MR) is 101 cm³/mol. The Kier molecular flexibility index (Phi) is 5.02. The van der Waals surface area contributed by atoms with E-state index in [0.29, 0.717) is 28.0 Å². The molecule has 0 aliphatic rings. The average molecular weight is 384 g/mol. The van der Waals surface area contributed by atoms with Crippen LogP contribution in [0.3, 0.4) is 0 Å². The molecular formula is C19H20N4O5. The number of nitrogens with one attached hydrogen (secondary N) is 1. The first kappa shape index (κ1) is 19.3. The summed E-state index contributed by atoms with van der Waals surface area (Å²) in [6.07, 6.45) is 1.58. The van der Waals surface area contributed by atoms with Gasteiger partial charge in [0.15, 0.2) is 0 Å². The van der Waals surface area contributed by atoms with Gasteiger partial charge in [-0.25, -0.2) is 4.98 Å². The normalized spacial score (nSPS) is 11.4. The molecule has 0 aliphatic carbocycles.